The van der Waals surface area contributed by atoms with E-state index in [1.165, 1.54) is 20.8 Å². The number of carbonyl (C=O) groups is 9. The van der Waals surface area contributed by atoms with Crippen molar-refractivity contribution in [3.05, 3.63) is 0 Å². The molecule has 0 bridgehead atoms. The van der Waals surface area contributed by atoms with E-state index in [4.69, 9.17) is 5.73 Å². The molecule has 0 heterocycles. The summed E-state index contributed by atoms with van der Waals surface area (Å²) in [5.74, 6) is -7.95. The van der Waals surface area contributed by atoms with Gasteiger partial charge in [-0.05, 0) is 51.4 Å². The van der Waals surface area contributed by atoms with Crippen LogP contribution in [0.2, 0.25) is 0 Å². The highest BCUT2D eigenvalue weighted by molar-refractivity contribution is 5.97. The average molecular weight is 758 g/mol. The van der Waals surface area contributed by atoms with Crippen molar-refractivity contribution in [2.45, 2.75) is 118 Å². The molecule has 20 nitrogen and oxygen atoms in total. The van der Waals surface area contributed by atoms with Crippen LogP contribution in [0.5, 0.6) is 0 Å². The van der Waals surface area contributed by atoms with Crippen molar-refractivity contribution in [3.8, 4) is 0 Å². The summed E-state index contributed by atoms with van der Waals surface area (Å²) in [5.41, 5.74) is 5.15. The number of rotatable bonds is 23. The van der Waals surface area contributed by atoms with Gasteiger partial charge in [0.2, 0.25) is 47.3 Å². The fourth-order valence-corrected chi connectivity index (χ4v) is 4.67. The standard InChI is InChI=1S/C33H59N9O11/c1-15(2)10-21(30(49)40-22(33(52)53)11-16(3)4)39-29(48)19(8)38-32(51)27(20(9)43)42-31(50)26(17(5)6)41-25(46)14-36-28(47)18(7)37-24(45)13-35-23(44)12-34/h15-22,26-27,43H,10-14,34H2,1-9H3,(H,35,44)(H,36,47)(H,37,45)(H,38,51)(H,39,48)(H,40,49)(H,41,46)(H,42,50)(H,52,53)/t18-,19-,20+,21-,22-,26-,27-/m0/s1. The second-order valence-electron chi connectivity index (χ2n) is 14.0. The molecule has 7 atom stereocenters. The summed E-state index contributed by atoms with van der Waals surface area (Å²) in [5, 5.41) is 39.0. The van der Waals surface area contributed by atoms with Gasteiger partial charge in [-0.25, -0.2) is 4.79 Å². The number of hydrogen-bond donors (Lipinski definition) is 11. The van der Waals surface area contributed by atoms with Crippen LogP contribution in [0.15, 0.2) is 0 Å². The fraction of sp³-hybridized carbons (Fsp3) is 0.727. The maximum atomic E-state index is 13.2. The molecule has 0 saturated carbocycles. The largest absolute Gasteiger partial charge is 0.480 e. The Morgan fingerprint density at radius 2 is 0.981 bits per heavy atom. The molecule has 0 fully saturated rings. The topological polar surface area (TPSA) is 316 Å². The van der Waals surface area contributed by atoms with Gasteiger partial charge in [0, 0.05) is 0 Å². The Labute approximate surface area is 309 Å². The Kier molecular flexibility index (Phi) is 21.5. The number of hydrogen-bond acceptors (Lipinski definition) is 11. The SMILES string of the molecule is CC(C)C[C@H](NC(=O)[C@H](CC(C)C)NC(=O)[C@H](C)NC(=O)[C@@H](NC(=O)[C@@H](NC(=O)CNC(=O)[C@H](C)NC(=O)CNC(=O)CN)C(C)C)[C@@H](C)O)C(=O)O. The molecule has 12 N–H and O–H groups in total. The first-order valence-electron chi connectivity index (χ1n) is 17.5. The first-order valence-corrected chi connectivity index (χ1v) is 17.5. The summed E-state index contributed by atoms with van der Waals surface area (Å²) in [6.45, 7) is 13.0. The predicted octanol–water partition coefficient (Wildman–Crippen LogP) is -3.66. The Bertz CT molecular complexity index is 1310. The monoisotopic (exact) mass is 757 g/mol. The number of amides is 8. The summed E-state index contributed by atoms with van der Waals surface area (Å²) < 4.78 is 0. The summed E-state index contributed by atoms with van der Waals surface area (Å²) >= 11 is 0. The second-order valence-corrected chi connectivity index (χ2v) is 14.0. The Morgan fingerprint density at radius 1 is 0.509 bits per heavy atom. The highest BCUT2D eigenvalue weighted by Gasteiger charge is 2.34. The van der Waals surface area contributed by atoms with E-state index in [-0.39, 0.29) is 31.2 Å². The molecule has 0 unspecified atom stereocenters. The average Bonchev–Trinajstić information content (AvgIpc) is 3.05. The van der Waals surface area contributed by atoms with Crippen molar-refractivity contribution in [2.24, 2.45) is 23.5 Å². The molecule has 0 aliphatic carbocycles. The van der Waals surface area contributed by atoms with E-state index >= 15 is 0 Å². The molecule has 0 aliphatic rings. The lowest BCUT2D eigenvalue weighted by atomic mass is 10.00. The first-order chi connectivity index (χ1) is 24.5. The molecule has 0 saturated heterocycles. The third-order valence-electron chi connectivity index (χ3n) is 7.57. The Morgan fingerprint density at radius 3 is 1.47 bits per heavy atom. The van der Waals surface area contributed by atoms with Gasteiger partial charge in [-0.2, -0.15) is 0 Å². The zero-order chi connectivity index (χ0) is 41.2. The lowest BCUT2D eigenvalue weighted by molar-refractivity contribution is -0.143. The van der Waals surface area contributed by atoms with E-state index in [2.05, 4.69) is 42.5 Å². The van der Waals surface area contributed by atoms with E-state index < -0.39 is 115 Å². The smallest absolute Gasteiger partial charge is 0.326 e. The maximum absolute atomic E-state index is 13.2. The number of carboxylic acid groups (broad SMARTS) is 1. The molecule has 53 heavy (non-hydrogen) atoms. The zero-order valence-corrected chi connectivity index (χ0v) is 32.0. The van der Waals surface area contributed by atoms with E-state index in [0.29, 0.717) is 0 Å². The van der Waals surface area contributed by atoms with Crippen LogP contribution in [-0.2, 0) is 43.2 Å². The number of aliphatic hydroxyl groups excluding tert-OH is 1. The van der Waals surface area contributed by atoms with Gasteiger partial charge in [-0.15, -0.1) is 0 Å². The van der Waals surface area contributed by atoms with Crippen LogP contribution in [0.4, 0.5) is 0 Å². The number of carboxylic acids is 1. The van der Waals surface area contributed by atoms with Crippen LogP contribution in [-0.4, -0.2) is 125 Å². The Hall–Kier alpha value is -4.85. The van der Waals surface area contributed by atoms with E-state index in [1.807, 2.05) is 0 Å². The van der Waals surface area contributed by atoms with Crippen molar-refractivity contribution < 1.29 is 53.4 Å². The molecule has 0 aromatic carbocycles. The predicted molar refractivity (Wildman–Crippen MR) is 191 cm³/mol. The minimum atomic E-state index is -1.59. The lowest BCUT2D eigenvalue weighted by Crippen LogP contribution is -2.61. The number of aliphatic hydroxyl groups is 1. The molecule has 0 radical (unpaired) electrons. The first kappa shape index (κ1) is 48.1. The number of nitrogens with two attached hydrogens (primary N) is 1. The van der Waals surface area contributed by atoms with Crippen molar-refractivity contribution in [1.29, 1.82) is 0 Å². The third kappa shape index (κ3) is 19.0. The normalized spacial score (nSPS) is 15.1. The van der Waals surface area contributed by atoms with Crippen LogP contribution in [0.3, 0.4) is 0 Å². The van der Waals surface area contributed by atoms with Crippen LogP contribution in [0.25, 0.3) is 0 Å². The number of aliphatic carboxylic acids is 1. The van der Waals surface area contributed by atoms with Gasteiger partial charge in [0.25, 0.3) is 0 Å². The molecule has 0 aromatic heterocycles. The molecule has 302 valence electrons. The fourth-order valence-electron chi connectivity index (χ4n) is 4.67. The molecule has 8 amide bonds. The molecule has 0 aromatic rings. The van der Waals surface area contributed by atoms with Gasteiger partial charge < -0.3 is 58.5 Å². The van der Waals surface area contributed by atoms with E-state index in [0.717, 1.165) is 0 Å². The minimum Gasteiger partial charge on any atom is -0.480 e. The van der Waals surface area contributed by atoms with Gasteiger partial charge in [-0.1, -0.05) is 41.5 Å². The third-order valence-corrected chi connectivity index (χ3v) is 7.57. The van der Waals surface area contributed by atoms with Crippen LogP contribution in [0.1, 0.15) is 75.2 Å². The minimum absolute atomic E-state index is 0.0333. The van der Waals surface area contributed by atoms with Gasteiger partial charge in [0.1, 0.15) is 36.3 Å². The van der Waals surface area contributed by atoms with Crippen molar-refractivity contribution >= 4 is 53.2 Å². The second kappa shape index (κ2) is 23.7. The van der Waals surface area contributed by atoms with E-state index in [1.54, 1.807) is 41.5 Å². The molecule has 0 spiro atoms. The van der Waals surface area contributed by atoms with Gasteiger partial charge in [-0.3, -0.25) is 38.4 Å². The quantitative estimate of drug-likeness (QED) is 0.0481. The number of carbonyl (C=O) groups excluding carboxylic acids is 8. The molecule has 20 heteroatoms. The summed E-state index contributed by atoms with van der Waals surface area (Å²) in [4.78, 5) is 112. The van der Waals surface area contributed by atoms with Crippen molar-refractivity contribution in [1.82, 2.24) is 42.5 Å². The summed E-state index contributed by atoms with van der Waals surface area (Å²) in [7, 11) is 0. The van der Waals surface area contributed by atoms with E-state index in [9.17, 15) is 53.4 Å². The molecule has 0 rings (SSSR count). The number of nitrogens with one attached hydrogen (secondary N) is 8. The molecular weight excluding hydrogens is 698 g/mol. The highest BCUT2D eigenvalue weighted by Crippen LogP contribution is 2.10. The van der Waals surface area contributed by atoms with Gasteiger partial charge >= 0.3 is 5.97 Å². The molecular formula is C33H59N9O11. The van der Waals surface area contributed by atoms with Crippen LogP contribution >= 0.6 is 0 Å². The highest BCUT2D eigenvalue weighted by atomic mass is 16.4. The summed E-state index contributed by atoms with van der Waals surface area (Å²) in [6.07, 6.45) is -1.14. The molecule has 0 aliphatic heterocycles. The van der Waals surface area contributed by atoms with Gasteiger partial charge in [0.05, 0.1) is 25.7 Å². The maximum Gasteiger partial charge on any atom is 0.326 e. The van der Waals surface area contributed by atoms with Gasteiger partial charge in [0.15, 0.2) is 0 Å². The van der Waals surface area contributed by atoms with Crippen molar-refractivity contribution in [3.63, 3.8) is 0 Å². The zero-order valence-electron chi connectivity index (χ0n) is 32.0. The summed E-state index contributed by atoms with van der Waals surface area (Å²) in [6, 6.07) is -7.47. The van der Waals surface area contributed by atoms with Crippen LogP contribution < -0.4 is 48.3 Å². The Balaban J connectivity index is 5.44. The van der Waals surface area contributed by atoms with Crippen molar-refractivity contribution in [2.75, 3.05) is 19.6 Å². The lowest BCUT2D eigenvalue weighted by Gasteiger charge is -2.28. The van der Waals surface area contributed by atoms with Crippen LogP contribution in [0, 0.1) is 17.8 Å².